The van der Waals surface area contributed by atoms with Gasteiger partial charge in [-0.3, -0.25) is 4.98 Å². The summed E-state index contributed by atoms with van der Waals surface area (Å²) in [5.74, 6) is -1.37. The molecule has 0 fully saturated rings. The minimum Gasteiger partial charge on any atom is -0.478 e. The van der Waals surface area contributed by atoms with Crippen LogP contribution in [-0.4, -0.2) is 24.5 Å². The highest BCUT2D eigenvalue weighted by Crippen LogP contribution is 2.28. The first-order valence-corrected chi connectivity index (χ1v) is 8.41. The van der Waals surface area contributed by atoms with Crippen molar-refractivity contribution in [1.29, 1.82) is 0 Å². The largest absolute Gasteiger partial charge is 0.478 e. The Hall–Kier alpha value is -1.73. The third-order valence-electron chi connectivity index (χ3n) is 2.98. The van der Waals surface area contributed by atoms with Crippen molar-refractivity contribution in [3.05, 3.63) is 57.8 Å². The second kappa shape index (κ2) is 5.95. The molecule has 7 heteroatoms. The first-order chi connectivity index (χ1) is 9.81. The van der Waals surface area contributed by atoms with E-state index in [1.807, 2.05) is 0 Å². The molecule has 0 spiro atoms. The Morgan fingerprint density at radius 3 is 2.48 bits per heavy atom. The van der Waals surface area contributed by atoms with E-state index < -0.39 is 15.8 Å². The number of pyridine rings is 1. The van der Waals surface area contributed by atoms with Gasteiger partial charge in [-0.2, -0.15) is 0 Å². The molecule has 0 aliphatic carbocycles. The molecule has 5 nitrogen and oxygen atoms in total. The smallest absolute Gasteiger partial charge is 0.335 e. The SMILES string of the molecule is Cc1c(Br)cc(C(=O)O)cc1S(=O)(=O)Cc1ccncc1. The Kier molecular flexibility index (Phi) is 4.43. The maximum atomic E-state index is 12.5. The van der Waals surface area contributed by atoms with Crippen LogP contribution in [0.1, 0.15) is 21.5 Å². The molecule has 0 atom stereocenters. The summed E-state index contributed by atoms with van der Waals surface area (Å²) in [5.41, 5.74) is 1.02. The zero-order valence-corrected chi connectivity index (χ0v) is 13.5. The molecule has 0 unspecified atom stereocenters. The number of rotatable bonds is 4. The van der Waals surface area contributed by atoms with Crippen molar-refractivity contribution in [2.24, 2.45) is 0 Å². The summed E-state index contributed by atoms with van der Waals surface area (Å²) in [4.78, 5) is 14.9. The third-order valence-corrected chi connectivity index (χ3v) is 5.62. The van der Waals surface area contributed by atoms with Crippen LogP contribution in [0.5, 0.6) is 0 Å². The summed E-state index contributed by atoms with van der Waals surface area (Å²) in [6.07, 6.45) is 3.03. The number of carboxylic acids is 1. The van der Waals surface area contributed by atoms with Crippen molar-refractivity contribution < 1.29 is 18.3 Å². The lowest BCUT2D eigenvalue weighted by molar-refractivity contribution is 0.0696. The van der Waals surface area contributed by atoms with Crippen LogP contribution < -0.4 is 0 Å². The topological polar surface area (TPSA) is 84.3 Å². The monoisotopic (exact) mass is 369 g/mol. The quantitative estimate of drug-likeness (QED) is 0.895. The number of carbonyl (C=O) groups is 1. The molecule has 1 heterocycles. The van der Waals surface area contributed by atoms with Crippen LogP contribution in [0.3, 0.4) is 0 Å². The van der Waals surface area contributed by atoms with Crippen LogP contribution in [0, 0.1) is 6.92 Å². The van der Waals surface area contributed by atoms with Crippen LogP contribution in [0.15, 0.2) is 46.0 Å². The number of hydrogen-bond acceptors (Lipinski definition) is 4. The van der Waals surface area contributed by atoms with Crippen molar-refractivity contribution in [1.82, 2.24) is 4.98 Å². The average molecular weight is 370 g/mol. The third kappa shape index (κ3) is 3.48. The molecule has 110 valence electrons. The van der Waals surface area contributed by atoms with Gasteiger partial charge in [0.15, 0.2) is 9.84 Å². The van der Waals surface area contributed by atoms with Gasteiger partial charge in [0, 0.05) is 16.9 Å². The number of aromatic nitrogens is 1. The van der Waals surface area contributed by atoms with E-state index in [1.54, 1.807) is 19.1 Å². The highest BCUT2D eigenvalue weighted by Gasteiger charge is 2.21. The number of halogens is 1. The number of hydrogen-bond donors (Lipinski definition) is 1. The van der Waals surface area contributed by atoms with Gasteiger partial charge in [0.2, 0.25) is 0 Å². The van der Waals surface area contributed by atoms with Crippen LogP contribution in [0.4, 0.5) is 0 Å². The molecule has 0 amide bonds. The second-order valence-corrected chi connectivity index (χ2v) is 7.31. The highest BCUT2D eigenvalue weighted by molar-refractivity contribution is 9.10. The second-order valence-electron chi connectivity index (χ2n) is 4.50. The average Bonchev–Trinajstić information content (AvgIpc) is 2.41. The van der Waals surface area contributed by atoms with E-state index in [4.69, 9.17) is 5.11 Å². The van der Waals surface area contributed by atoms with Crippen LogP contribution >= 0.6 is 15.9 Å². The van der Waals surface area contributed by atoms with Gasteiger partial charge in [0.25, 0.3) is 0 Å². The van der Waals surface area contributed by atoms with E-state index >= 15 is 0 Å². The minimum absolute atomic E-state index is 0.0195. The highest BCUT2D eigenvalue weighted by atomic mass is 79.9. The van der Waals surface area contributed by atoms with Gasteiger partial charge in [-0.1, -0.05) is 15.9 Å². The van der Waals surface area contributed by atoms with Gasteiger partial charge in [0.1, 0.15) is 0 Å². The standard InChI is InChI=1S/C14H12BrNO4S/c1-9-12(15)6-11(14(17)18)7-13(9)21(19,20)8-10-2-4-16-5-3-10/h2-7H,8H2,1H3,(H,17,18). The molecule has 0 saturated carbocycles. The van der Waals surface area contributed by atoms with Gasteiger partial charge in [0.05, 0.1) is 16.2 Å². The van der Waals surface area contributed by atoms with Gasteiger partial charge in [-0.25, -0.2) is 13.2 Å². The number of carboxylic acid groups (broad SMARTS) is 1. The van der Waals surface area contributed by atoms with Crippen molar-refractivity contribution in [3.8, 4) is 0 Å². The predicted molar refractivity (Wildman–Crippen MR) is 81.0 cm³/mol. The molecule has 21 heavy (non-hydrogen) atoms. The molecule has 0 aliphatic heterocycles. The number of nitrogens with zero attached hydrogens (tertiary/aromatic N) is 1. The lowest BCUT2D eigenvalue weighted by Crippen LogP contribution is -2.09. The molecule has 2 aromatic rings. The Bertz CT molecular complexity index is 788. The fourth-order valence-corrected chi connectivity index (χ4v) is 4.14. The molecule has 0 radical (unpaired) electrons. The molecular formula is C14H12BrNO4S. The van der Waals surface area contributed by atoms with Gasteiger partial charge in [-0.05, 0) is 42.3 Å². The maximum absolute atomic E-state index is 12.5. The number of aromatic carboxylic acids is 1. The van der Waals surface area contributed by atoms with Crippen molar-refractivity contribution in [2.45, 2.75) is 17.6 Å². The molecule has 0 saturated heterocycles. The summed E-state index contributed by atoms with van der Waals surface area (Å²) in [6, 6.07) is 5.81. The molecule has 1 aromatic heterocycles. The summed E-state index contributed by atoms with van der Waals surface area (Å²) in [7, 11) is -3.64. The van der Waals surface area contributed by atoms with E-state index in [9.17, 15) is 13.2 Å². The van der Waals surface area contributed by atoms with Crippen LogP contribution in [-0.2, 0) is 15.6 Å². The van der Waals surface area contributed by atoms with Crippen molar-refractivity contribution in [2.75, 3.05) is 0 Å². The maximum Gasteiger partial charge on any atom is 0.335 e. The predicted octanol–water partition coefficient (Wildman–Crippen LogP) is 2.82. The van der Waals surface area contributed by atoms with E-state index in [0.29, 0.717) is 15.6 Å². The fourth-order valence-electron chi connectivity index (χ4n) is 1.88. The zero-order valence-electron chi connectivity index (χ0n) is 11.1. The normalized spacial score (nSPS) is 11.3. The first kappa shape index (κ1) is 15.7. The number of benzene rings is 1. The summed E-state index contributed by atoms with van der Waals surface area (Å²) in [5, 5.41) is 9.06. The van der Waals surface area contributed by atoms with E-state index in [-0.39, 0.29) is 16.2 Å². The Morgan fingerprint density at radius 1 is 1.29 bits per heavy atom. The molecule has 1 aromatic carbocycles. The Labute approximate surface area is 130 Å². The van der Waals surface area contributed by atoms with Gasteiger partial charge < -0.3 is 5.11 Å². The molecule has 0 aliphatic rings. The van der Waals surface area contributed by atoms with E-state index in [2.05, 4.69) is 20.9 Å². The fraction of sp³-hybridized carbons (Fsp3) is 0.143. The van der Waals surface area contributed by atoms with Gasteiger partial charge >= 0.3 is 5.97 Å². The molecule has 2 rings (SSSR count). The minimum atomic E-state index is -3.64. The zero-order chi connectivity index (χ0) is 15.6. The Morgan fingerprint density at radius 2 is 1.90 bits per heavy atom. The van der Waals surface area contributed by atoms with Crippen LogP contribution in [0.2, 0.25) is 0 Å². The molecule has 1 N–H and O–H groups in total. The molecular weight excluding hydrogens is 358 g/mol. The van der Waals surface area contributed by atoms with E-state index in [1.165, 1.54) is 24.5 Å². The summed E-state index contributed by atoms with van der Waals surface area (Å²) < 4.78 is 25.5. The first-order valence-electron chi connectivity index (χ1n) is 5.96. The molecule has 0 bridgehead atoms. The lowest BCUT2D eigenvalue weighted by Gasteiger charge is -2.11. The van der Waals surface area contributed by atoms with E-state index in [0.717, 1.165) is 0 Å². The summed E-state index contributed by atoms with van der Waals surface area (Å²) in [6.45, 7) is 1.63. The summed E-state index contributed by atoms with van der Waals surface area (Å²) >= 11 is 3.21. The Balaban J connectivity index is 2.52. The number of sulfone groups is 1. The van der Waals surface area contributed by atoms with Crippen LogP contribution in [0.25, 0.3) is 0 Å². The van der Waals surface area contributed by atoms with Crippen molar-refractivity contribution in [3.63, 3.8) is 0 Å². The lowest BCUT2D eigenvalue weighted by atomic mass is 10.1. The van der Waals surface area contributed by atoms with Gasteiger partial charge in [-0.15, -0.1) is 0 Å². The van der Waals surface area contributed by atoms with Crippen molar-refractivity contribution >= 4 is 31.7 Å².